The lowest BCUT2D eigenvalue weighted by Gasteiger charge is -2.05. The summed E-state index contributed by atoms with van der Waals surface area (Å²) in [6.45, 7) is 0. The van der Waals surface area contributed by atoms with Gasteiger partial charge in [0.1, 0.15) is 5.75 Å². The van der Waals surface area contributed by atoms with Crippen LogP contribution in [0.1, 0.15) is 17.5 Å². The maximum absolute atomic E-state index is 11.9. The fourth-order valence-corrected chi connectivity index (χ4v) is 2.55. The number of rotatable bonds is 5. The molecule has 0 saturated carbocycles. The van der Waals surface area contributed by atoms with Gasteiger partial charge in [-0.1, -0.05) is 60.7 Å². The molecule has 0 spiro atoms. The highest BCUT2D eigenvalue weighted by Gasteiger charge is 2.05. The fourth-order valence-electron chi connectivity index (χ4n) is 2.55. The first-order valence-corrected chi connectivity index (χ1v) is 7.80. The summed E-state index contributed by atoms with van der Waals surface area (Å²) in [5.41, 5.74) is 4.22. The molecule has 3 aromatic rings. The zero-order chi connectivity index (χ0) is 16.8. The Balaban J connectivity index is 1.64. The zero-order valence-electron chi connectivity index (χ0n) is 13.1. The molecule has 3 rings (SSSR count). The number of nitrogens with one attached hydrogen (secondary N) is 1. The van der Waals surface area contributed by atoms with E-state index in [1.165, 1.54) is 6.21 Å². The fraction of sp³-hybridized carbons (Fsp3) is 0.100. The molecular formula is C20H18N2O2. The van der Waals surface area contributed by atoms with Crippen LogP contribution in [0.25, 0.3) is 10.8 Å². The van der Waals surface area contributed by atoms with Crippen LogP contribution in [-0.4, -0.2) is 17.2 Å². The molecule has 1 amide bonds. The molecule has 0 aliphatic heterocycles. The Bertz CT molecular complexity index is 873. The van der Waals surface area contributed by atoms with E-state index in [0.29, 0.717) is 18.4 Å². The highest BCUT2D eigenvalue weighted by Crippen LogP contribution is 2.25. The predicted molar refractivity (Wildman–Crippen MR) is 96.1 cm³/mol. The van der Waals surface area contributed by atoms with E-state index in [1.807, 2.05) is 60.7 Å². The van der Waals surface area contributed by atoms with E-state index in [-0.39, 0.29) is 11.7 Å². The molecule has 3 aromatic carbocycles. The first-order valence-electron chi connectivity index (χ1n) is 7.80. The monoisotopic (exact) mass is 318 g/mol. The van der Waals surface area contributed by atoms with Crippen molar-refractivity contribution in [3.8, 4) is 5.75 Å². The molecule has 2 N–H and O–H groups in total. The Kier molecular flexibility index (Phi) is 4.87. The molecule has 24 heavy (non-hydrogen) atoms. The first-order chi connectivity index (χ1) is 11.7. The van der Waals surface area contributed by atoms with Crippen molar-refractivity contribution in [3.63, 3.8) is 0 Å². The molecule has 0 unspecified atom stereocenters. The predicted octanol–water partition coefficient (Wildman–Crippen LogP) is 3.63. The van der Waals surface area contributed by atoms with E-state index in [4.69, 9.17) is 0 Å². The van der Waals surface area contributed by atoms with Crippen molar-refractivity contribution in [2.75, 3.05) is 0 Å². The number of carbonyl (C=O) groups is 1. The molecular weight excluding hydrogens is 300 g/mol. The molecule has 0 radical (unpaired) electrons. The minimum Gasteiger partial charge on any atom is -0.507 e. The smallest absolute Gasteiger partial charge is 0.240 e. The van der Waals surface area contributed by atoms with E-state index < -0.39 is 0 Å². The van der Waals surface area contributed by atoms with Crippen LogP contribution in [0, 0.1) is 0 Å². The number of fused-ring (bicyclic) bond motifs is 1. The Labute approximate surface area is 140 Å². The van der Waals surface area contributed by atoms with Gasteiger partial charge in [0.2, 0.25) is 5.91 Å². The molecule has 0 aliphatic rings. The zero-order valence-corrected chi connectivity index (χ0v) is 13.1. The summed E-state index contributed by atoms with van der Waals surface area (Å²) in [5.74, 6) is -0.0224. The van der Waals surface area contributed by atoms with Gasteiger partial charge >= 0.3 is 0 Å². The summed E-state index contributed by atoms with van der Waals surface area (Å²) < 4.78 is 0. The van der Waals surface area contributed by atoms with Crippen molar-refractivity contribution in [1.29, 1.82) is 0 Å². The minimum atomic E-state index is -0.158. The third kappa shape index (κ3) is 3.79. The van der Waals surface area contributed by atoms with Gasteiger partial charge in [0.25, 0.3) is 0 Å². The molecule has 0 atom stereocenters. The largest absolute Gasteiger partial charge is 0.507 e. The lowest BCUT2D eigenvalue weighted by atomic mass is 10.0. The van der Waals surface area contributed by atoms with Gasteiger partial charge in [0, 0.05) is 12.0 Å². The maximum atomic E-state index is 11.9. The SMILES string of the molecule is O=C(CCc1ccccc1)N/N=C\c1c(O)ccc2ccccc12. The molecule has 4 nitrogen and oxygen atoms in total. The molecule has 0 aromatic heterocycles. The van der Waals surface area contributed by atoms with Crippen LogP contribution < -0.4 is 5.43 Å². The number of phenols is 1. The quantitative estimate of drug-likeness (QED) is 0.557. The second kappa shape index (κ2) is 7.42. The Morgan fingerprint density at radius 2 is 1.75 bits per heavy atom. The van der Waals surface area contributed by atoms with E-state index in [1.54, 1.807) is 6.07 Å². The summed E-state index contributed by atoms with van der Waals surface area (Å²) >= 11 is 0. The lowest BCUT2D eigenvalue weighted by Crippen LogP contribution is -2.17. The van der Waals surface area contributed by atoms with Gasteiger partial charge in [0.05, 0.1) is 6.21 Å². The second-order valence-corrected chi connectivity index (χ2v) is 5.50. The number of hydrogen-bond donors (Lipinski definition) is 2. The molecule has 0 bridgehead atoms. The topological polar surface area (TPSA) is 61.7 Å². The molecule has 0 aliphatic carbocycles. The Hall–Kier alpha value is -3.14. The molecule has 0 heterocycles. The first kappa shape index (κ1) is 15.7. The lowest BCUT2D eigenvalue weighted by molar-refractivity contribution is -0.121. The van der Waals surface area contributed by atoms with E-state index in [2.05, 4.69) is 10.5 Å². The summed E-state index contributed by atoms with van der Waals surface area (Å²) in [6, 6.07) is 21.0. The number of nitrogens with zero attached hydrogens (tertiary/aromatic N) is 1. The van der Waals surface area contributed by atoms with Crippen LogP contribution >= 0.6 is 0 Å². The van der Waals surface area contributed by atoms with Crippen LogP contribution in [0.15, 0.2) is 71.8 Å². The van der Waals surface area contributed by atoms with Crippen molar-refractivity contribution in [3.05, 3.63) is 77.9 Å². The summed E-state index contributed by atoms with van der Waals surface area (Å²) in [5, 5.41) is 15.9. The summed E-state index contributed by atoms with van der Waals surface area (Å²) in [6.07, 6.45) is 2.52. The van der Waals surface area contributed by atoms with Crippen molar-refractivity contribution in [2.24, 2.45) is 5.10 Å². The van der Waals surface area contributed by atoms with E-state index in [9.17, 15) is 9.90 Å². The van der Waals surface area contributed by atoms with Crippen molar-refractivity contribution in [1.82, 2.24) is 5.43 Å². The van der Waals surface area contributed by atoms with Gasteiger partial charge in [-0.3, -0.25) is 4.79 Å². The number of benzene rings is 3. The summed E-state index contributed by atoms with van der Waals surface area (Å²) in [4.78, 5) is 11.9. The molecule has 0 saturated heterocycles. The Morgan fingerprint density at radius 3 is 2.58 bits per heavy atom. The molecule has 0 fully saturated rings. The minimum absolute atomic E-state index is 0.135. The number of aromatic hydroxyl groups is 1. The third-order valence-corrected chi connectivity index (χ3v) is 3.81. The van der Waals surface area contributed by atoms with Crippen LogP contribution in [-0.2, 0) is 11.2 Å². The second-order valence-electron chi connectivity index (χ2n) is 5.50. The molecule has 120 valence electrons. The number of amides is 1. The Morgan fingerprint density at radius 1 is 1.00 bits per heavy atom. The van der Waals surface area contributed by atoms with Gasteiger partial charge in [0.15, 0.2) is 0 Å². The van der Waals surface area contributed by atoms with Gasteiger partial charge in [-0.2, -0.15) is 5.10 Å². The third-order valence-electron chi connectivity index (χ3n) is 3.81. The number of carbonyl (C=O) groups excluding carboxylic acids is 1. The number of phenolic OH excluding ortho intramolecular Hbond substituents is 1. The molecule has 4 heteroatoms. The standard InChI is InChI=1S/C20H18N2O2/c23-19-12-11-16-8-4-5-9-17(16)18(19)14-21-22-20(24)13-10-15-6-2-1-3-7-15/h1-9,11-12,14,23H,10,13H2,(H,22,24)/b21-14-. The maximum Gasteiger partial charge on any atom is 0.240 e. The van der Waals surface area contributed by atoms with Crippen molar-refractivity contribution >= 4 is 22.9 Å². The highest BCUT2D eigenvalue weighted by atomic mass is 16.3. The average molecular weight is 318 g/mol. The van der Waals surface area contributed by atoms with Gasteiger partial charge in [-0.05, 0) is 28.8 Å². The van der Waals surface area contributed by atoms with Gasteiger partial charge in [-0.15, -0.1) is 0 Å². The summed E-state index contributed by atoms with van der Waals surface area (Å²) in [7, 11) is 0. The van der Waals surface area contributed by atoms with Gasteiger partial charge in [-0.25, -0.2) is 5.43 Å². The van der Waals surface area contributed by atoms with Crippen molar-refractivity contribution < 1.29 is 9.90 Å². The average Bonchev–Trinajstić information content (AvgIpc) is 2.63. The normalized spacial score (nSPS) is 11.0. The van der Waals surface area contributed by atoms with Crippen LogP contribution in [0.2, 0.25) is 0 Å². The van der Waals surface area contributed by atoms with E-state index in [0.717, 1.165) is 16.3 Å². The number of hydrogen-bond acceptors (Lipinski definition) is 3. The van der Waals surface area contributed by atoms with Crippen molar-refractivity contribution in [2.45, 2.75) is 12.8 Å². The van der Waals surface area contributed by atoms with Crippen LogP contribution in [0.4, 0.5) is 0 Å². The number of hydrazone groups is 1. The van der Waals surface area contributed by atoms with E-state index >= 15 is 0 Å². The highest BCUT2D eigenvalue weighted by molar-refractivity contribution is 6.02. The van der Waals surface area contributed by atoms with Crippen LogP contribution in [0.5, 0.6) is 5.75 Å². The number of aryl methyl sites for hydroxylation is 1. The van der Waals surface area contributed by atoms with Gasteiger partial charge < -0.3 is 5.11 Å². The van der Waals surface area contributed by atoms with Crippen LogP contribution in [0.3, 0.4) is 0 Å².